The number of alkyl halides is 4. The maximum atomic E-state index is 12.9. The van der Waals surface area contributed by atoms with Gasteiger partial charge in [-0.15, -0.1) is 11.6 Å². The standard InChI is InChI=1S/C16H13ClF3NO/c1-11(22)21(15-8-3-2-5-12(15)10-17)14-7-4-6-13(9-14)16(18,19)20/h2-9H,10H2,1H3. The maximum absolute atomic E-state index is 12.9. The summed E-state index contributed by atoms with van der Waals surface area (Å²) < 4.78 is 38.6. The summed E-state index contributed by atoms with van der Waals surface area (Å²) >= 11 is 5.85. The molecule has 0 aliphatic rings. The SMILES string of the molecule is CC(=O)N(c1cccc(C(F)(F)F)c1)c1ccccc1CCl. The Hall–Kier alpha value is -2.01. The Labute approximate surface area is 131 Å². The van der Waals surface area contributed by atoms with Crippen LogP contribution in [0.4, 0.5) is 24.5 Å². The average molecular weight is 328 g/mol. The third-order valence-electron chi connectivity index (χ3n) is 3.12. The van der Waals surface area contributed by atoms with Crippen molar-refractivity contribution < 1.29 is 18.0 Å². The van der Waals surface area contributed by atoms with Crippen molar-refractivity contribution in [3.8, 4) is 0 Å². The van der Waals surface area contributed by atoms with Gasteiger partial charge in [0.05, 0.1) is 11.3 Å². The minimum absolute atomic E-state index is 0.152. The molecule has 0 bridgehead atoms. The summed E-state index contributed by atoms with van der Waals surface area (Å²) in [6, 6.07) is 11.5. The van der Waals surface area contributed by atoms with Gasteiger partial charge < -0.3 is 0 Å². The summed E-state index contributed by atoms with van der Waals surface area (Å²) in [5.41, 5.74) is 0.487. The number of anilines is 2. The molecule has 2 nitrogen and oxygen atoms in total. The Morgan fingerprint density at radius 2 is 1.82 bits per heavy atom. The molecule has 1 amide bonds. The molecule has 0 aliphatic carbocycles. The van der Waals surface area contributed by atoms with E-state index in [1.54, 1.807) is 24.3 Å². The fraction of sp³-hybridized carbons (Fsp3) is 0.188. The zero-order chi connectivity index (χ0) is 16.3. The first-order chi connectivity index (χ1) is 10.3. The Bertz CT molecular complexity index is 685. The Kier molecular flexibility index (Phi) is 4.76. The van der Waals surface area contributed by atoms with Crippen molar-refractivity contribution >= 4 is 28.9 Å². The van der Waals surface area contributed by atoms with Crippen LogP contribution in [-0.2, 0) is 16.9 Å². The number of rotatable bonds is 3. The number of carbonyl (C=O) groups is 1. The summed E-state index contributed by atoms with van der Waals surface area (Å²) in [5, 5.41) is 0. The summed E-state index contributed by atoms with van der Waals surface area (Å²) in [7, 11) is 0. The topological polar surface area (TPSA) is 20.3 Å². The molecule has 116 valence electrons. The Morgan fingerprint density at radius 1 is 1.14 bits per heavy atom. The highest BCUT2D eigenvalue weighted by atomic mass is 35.5. The van der Waals surface area contributed by atoms with Gasteiger partial charge in [0.15, 0.2) is 0 Å². The van der Waals surface area contributed by atoms with E-state index in [0.29, 0.717) is 11.3 Å². The number of amides is 1. The van der Waals surface area contributed by atoms with Crippen molar-refractivity contribution in [1.29, 1.82) is 0 Å². The lowest BCUT2D eigenvalue weighted by atomic mass is 10.1. The minimum atomic E-state index is -4.47. The summed E-state index contributed by atoms with van der Waals surface area (Å²) in [4.78, 5) is 13.2. The highest BCUT2D eigenvalue weighted by molar-refractivity contribution is 6.17. The first-order valence-electron chi connectivity index (χ1n) is 6.46. The second kappa shape index (κ2) is 6.40. The van der Waals surface area contributed by atoms with Crippen LogP contribution in [0.25, 0.3) is 0 Å². The van der Waals surface area contributed by atoms with Crippen LogP contribution in [0.5, 0.6) is 0 Å². The molecule has 0 atom stereocenters. The fourth-order valence-corrected chi connectivity index (χ4v) is 2.38. The molecular formula is C16H13ClF3NO. The third kappa shape index (κ3) is 3.42. The van der Waals surface area contributed by atoms with E-state index < -0.39 is 17.6 Å². The molecule has 2 aromatic rings. The predicted molar refractivity (Wildman–Crippen MR) is 80.3 cm³/mol. The van der Waals surface area contributed by atoms with E-state index in [1.807, 2.05) is 0 Å². The smallest absolute Gasteiger partial charge is 0.281 e. The number of halogens is 4. The summed E-state index contributed by atoms with van der Waals surface area (Å²) in [6.07, 6.45) is -4.47. The van der Waals surface area contributed by atoms with E-state index in [-0.39, 0.29) is 11.6 Å². The van der Waals surface area contributed by atoms with E-state index in [2.05, 4.69) is 0 Å². The molecule has 0 heterocycles. The zero-order valence-corrected chi connectivity index (χ0v) is 12.4. The number of benzene rings is 2. The van der Waals surface area contributed by atoms with Crippen LogP contribution in [0, 0.1) is 0 Å². The van der Waals surface area contributed by atoms with E-state index in [9.17, 15) is 18.0 Å². The quantitative estimate of drug-likeness (QED) is 0.716. The highest BCUT2D eigenvalue weighted by Gasteiger charge is 2.31. The number of hydrogen-bond acceptors (Lipinski definition) is 1. The van der Waals surface area contributed by atoms with E-state index in [0.717, 1.165) is 12.1 Å². The molecule has 0 N–H and O–H groups in total. The number of carbonyl (C=O) groups excluding carboxylic acids is 1. The highest BCUT2D eigenvalue weighted by Crippen LogP contribution is 2.35. The molecule has 0 aromatic heterocycles. The van der Waals surface area contributed by atoms with Gasteiger partial charge in [0, 0.05) is 18.5 Å². The average Bonchev–Trinajstić information content (AvgIpc) is 2.47. The van der Waals surface area contributed by atoms with Crippen LogP contribution in [0.2, 0.25) is 0 Å². The molecule has 0 saturated heterocycles. The van der Waals surface area contributed by atoms with Crippen molar-refractivity contribution in [3.63, 3.8) is 0 Å². The molecular weight excluding hydrogens is 315 g/mol. The van der Waals surface area contributed by atoms with Gasteiger partial charge in [0.1, 0.15) is 0 Å². The lowest BCUT2D eigenvalue weighted by Crippen LogP contribution is -2.24. The van der Waals surface area contributed by atoms with Gasteiger partial charge >= 0.3 is 6.18 Å². The Balaban J connectivity index is 2.56. The monoisotopic (exact) mass is 327 g/mol. The second-order valence-electron chi connectivity index (χ2n) is 4.66. The fourth-order valence-electron chi connectivity index (χ4n) is 2.15. The lowest BCUT2D eigenvalue weighted by molar-refractivity contribution is -0.137. The molecule has 2 rings (SSSR count). The molecule has 0 unspecified atom stereocenters. The van der Waals surface area contributed by atoms with Crippen molar-refractivity contribution in [2.24, 2.45) is 0 Å². The molecule has 0 aliphatic heterocycles. The van der Waals surface area contributed by atoms with Gasteiger partial charge in [-0.2, -0.15) is 13.2 Å². The summed E-state index contributed by atoms with van der Waals surface area (Å²) in [5.74, 6) is -0.240. The van der Waals surface area contributed by atoms with E-state index in [1.165, 1.54) is 24.0 Å². The van der Waals surface area contributed by atoms with Gasteiger partial charge in [-0.1, -0.05) is 24.3 Å². The number of nitrogens with zero attached hydrogens (tertiary/aromatic N) is 1. The van der Waals surface area contributed by atoms with Gasteiger partial charge in [0.25, 0.3) is 0 Å². The largest absolute Gasteiger partial charge is 0.416 e. The van der Waals surface area contributed by atoms with Crippen LogP contribution in [0.1, 0.15) is 18.1 Å². The van der Waals surface area contributed by atoms with Crippen molar-refractivity contribution in [2.75, 3.05) is 4.90 Å². The van der Waals surface area contributed by atoms with Crippen LogP contribution >= 0.6 is 11.6 Å². The molecule has 0 spiro atoms. The van der Waals surface area contributed by atoms with Gasteiger partial charge in [-0.3, -0.25) is 9.69 Å². The molecule has 2 aromatic carbocycles. The van der Waals surface area contributed by atoms with Crippen molar-refractivity contribution in [3.05, 3.63) is 59.7 Å². The molecule has 6 heteroatoms. The van der Waals surface area contributed by atoms with Crippen LogP contribution < -0.4 is 4.90 Å². The first kappa shape index (κ1) is 16.4. The van der Waals surface area contributed by atoms with E-state index >= 15 is 0 Å². The normalized spacial score (nSPS) is 11.3. The molecule has 0 saturated carbocycles. The lowest BCUT2D eigenvalue weighted by Gasteiger charge is -2.24. The van der Waals surface area contributed by atoms with Crippen LogP contribution in [0.3, 0.4) is 0 Å². The predicted octanol–water partition coefficient (Wildman–Crippen LogP) is 5.13. The minimum Gasteiger partial charge on any atom is -0.281 e. The molecule has 0 radical (unpaired) electrons. The zero-order valence-electron chi connectivity index (χ0n) is 11.7. The van der Waals surface area contributed by atoms with E-state index in [4.69, 9.17) is 11.6 Å². The van der Waals surface area contributed by atoms with Gasteiger partial charge in [-0.05, 0) is 29.8 Å². The van der Waals surface area contributed by atoms with Crippen molar-refractivity contribution in [2.45, 2.75) is 19.0 Å². The van der Waals surface area contributed by atoms with Crippen LogP contribution in [-0.4, -0.2) is 5.91 Å². The van der Waals surface area contributed by atoms with Gasteiger partial charge in [-0.25, -0.2) is 0 Å². The number of para-hydroxylation sites is 1. The molecule has 22 heavy (non-hydrogen) atoms. The van der Waals surface area contributed by atoms with Crippen LogP contribution in [0.15, 0.2) is 48.5 Å². The molecule has 0 fully saturated rings. The Morgan fingerprint density at radius 3 is 2.41 bits per heavy atom. The van der Waals surface area contributed by atoms with Crippen molar-refractivity contribution in [1.82, 2.24) is 0 Å². The maximum Gasteiger partial charge on any atom is 0.416 e. The number of hydrogen-bond donors (Lipinski definition) is 0. The second-order valence-corrected chi connectivity index (χ2v) is 4.93. The first-order valence-corrected chi connectivity index (χ1v) is 7.00. The van der Waals surface area contributed by atoms with Gasteiger partial charge in [0.2, 0.25) is 5.91 Å². The summed E-state index contributed by atoms with van der Waals surface area (Å²) in [6.45, 7) is 1.30. The third-order valence-corrected chi connectivity index (χ3v) is 3.41.